The molecule has 0 spiro atoms. The molecule has 2 aromatic carbocycles. The van der Waals surface area contributed by atoms with Crippen molar-refractivity contribution in [1.82, 2.24) is 20.1 Å². The maximum Gasteiger partial charge on any atom is 0.324 e. The quantitative estimate of drug-likeness (QED) is 0.158. The smallest absolute Gasteiger partial charge is 0.317 e. The van der Waals surface area contributed by atoms with E-state index in [0.29, 0.717) is 22.2 Å². The van der Waals surface area contributed by atoms with E-state index >= 15 is 0 Å². The standard InChI is InChI=1S/C33H37ClN6O2/c1-21-8-11-26(12-9-21)40-29(19-27(39-40)33(2,3)4)38-32(42)37-25-7-5-6-23(18-25)30(22-14-16-35-17-15-22)31(41)24-10-13-28(34)36-20-24/h5-13,18-20,22,30,35H,14-17H2,1-4H3,(H2,37,38,42). The largest absolute Gasteiger partial charge is 0.324 e. The van der Waals surface area contributed by atoms with Crippen LogP contribution in [0.3, 0.4) is 0 Å². The minimum absolute atomic E-state index is 0.00405. The molecule has 3 heterocycles. The number of piperidine rings is 1. The van der Waals surface area contributed by atoms with Gasteiger partial charge in [0.1, 0.15) is 11.0 Å². The number of pyridine rings is 1. The first-order valence-corrected chi connectivity index (χ1v) is 14.7. The van der Waals surface area contributed by atoms with Crippen LogP contribution in [0.1, 0.15) is 66.7 Å². The third kappa shape index (κ3) is 6.89. The normalized spacial score (nSPS) is 14.8. The van der Waals surface area contributed by atoms with Gasteiger partial charge in [-0.2, -0.15) is 5.10 Å². The monoisotopic (exact) mass is 584 g/mol. The number of benzene rings is 2. The van der Waals surface area contributed by atoms with Crippen molar-refractivity contribution in [3.05, 3.63) is 100 Å². The molecule has 9 heteroatoms. The van der Waals surface area contributed by atoms with Gasteiger partial charge in [0.2, 0.25) is 0 Å². The van der Waals surface area contributed by atoms with Crippen molar-refractivity contribution in [2.24, 2.45) is 5.92 Å². The summed E-state index contributed by atoms with van der Waals surface area (Å²) in [5, 5.41) is 14.5. The summed E-state index contributed by atoms with van der Waals surface area (Å²) in [6, 6.07) is 20.4. The summed E-state index contributed by atoms with van der Waals surface area (Å²) in [5.74, 6) is 0.371. The van der Waals surface area contributed by atoms with Gasteiger partial charge in [-0.05, 0) is 80.7 Å². The van der Waals surface area contributed by atoms with Gasteiger partial charge in [-0.25, -0.2) is 14.5 Å². The van der Waals surface area contributed by atoms with Crippen LogP contribution in [-0.2, 0) is 5.41 Å². The van der Waals surface area contributed by atoms with E-state index in [2.05, 4.69) is 41.7 Å². The Hall–Kier alpha value is -4.01. The van der Waals surface area contributed by atoms with Crippen LogP contribution in [0.15, 0.2) is 72.9 Å². The molecule has 0 aliphatic carbocycles. The number of carbonyl (C=O) groups is 2. The van der Waals surface area contributed by atoms with Crippen LogP contribution < -0.4 is 16.0 Å². The summed E-state index contributed by atoms with van der Waals surface area (Å²) in [7, 11) is 0. The molecule has 1 unspecified atom stereocenters. The number of Topliss-reactive ketones (excluding diaryl/α,β-unsaturated/α-hetero) is 1. The van der Waals surface area contributed by atoms with Crippen LogP contribution >= 0.6 is 11.6 Å². The summed E-state index contributed by atoms with van der Waals surface area (Å²) in [4.78, 5) is 31.2. The fraction of sp³-hybridized carbons (Fsp3) is 0.333. The zero-order valence-corrected chi connectivity index (χ0v) is 25.2. The first-order valence-electron chi connectivity index (χ1n) is 14.3. The first-order chi connectivity index (χ1) is 20.1. The van der Waals surface area contributed by atoms with Gasteiger partial charge >= 0.3 is 6.03 Å². The number of carbonyl (C=O) groups excluding carboxylic acids is 2. The van der Waals surface area contributed by atoms with Crippen molar-refractivity contribution in [3.63, 3.8) is 0 Å². The van der Waals surface area contributed by atoms with Gasteiger partial charge in [0, 0.05) is 28.9 Å². The molecular weight excluding hydrogens is 548 g/mol. The molecule has 3 N–H and O–H groups in total. The molecule has 5 rings (SSSR count). The molecule has 0 bridgehead atoms. The van der Waals surface area contributed by atoms with E-state index in [1.54, 1.807) is 16.8 Å². The molecular formula is C33H37ClN6O2. The number of nitrogens with one attached hydrogen (secondary N) is 3. The number of hydrogen-bond acceptors (Lipinski definition) is 5. The molecule has 8 nitrogen and oxygen atoms in total. The van der Waals surface area contributed by atoms with E-state index in [0.717, 1.165) is 48.4 Å². The SMILES string of the molecule is Cc1ccc(-n2nc(C(C)(C)C)cc2NC(=O)Nc2cccc(C(C(=O)c3ccc(Cl)nc3)C3CCNCC3)c2)cc1. The Kier molecular flexibility index (Phi) is 8.75. The Balaban J connectivity index is 1.40. The molecule has 1 saturated heterocycles. The fourth-order valence-electron chi connectivity index (χ4n) is 5.32. The molecule has 218 valence electrons. The minimum atomic E-state index is -0.396. The average Bonchev–Trinajstić information content (AvgIpc) is 3.39. The molecule has 4 aromatic rings. The summed E-state index contributed by atoms with van der Waals surface area (Å²) in [5.41, 5.74) is 4.64. The highest BCUT2D eigenvalue weighted by Gasteiger charge is 2.32. The predicted octanol–water partition coefficient (Wildman–Crippen LogP) is 7.14. The Bertz CT molecular complexity index is 1550. The van der Waals surface area contributed by atoms with Crippen molar-refractivity contribution in [3.8, 4) is 5.69 Å². The second kappa shape index (κ2) is 12.5. The van der Waals surface area contributed by atoms with Crippen molar-refractivity contribution >= 4 is 34.9 Å². The summed E-state index contributed by atoms with van der Waals surface area (Å²) in [6.07, 6.45) is 3.31. The van der Waals surface area contributed by atoms with E-state index in [1.807, 2.05) is 61.5 Å². The van der Waals surface area contributed by atoms with Crippen molar-refractivity contribution in [2.75, 3.05) is 23.7 Å². The lowest BCUT2D eigenvalue weighted by Gasteiger charge is -2.30. The number of rotatable bonds is 7. The Morgan fingerprint density at radius 3 is 2.40 bits per heavy atom. The van der Waals surface area contributed by atoms with Crippen molar-refractivity contribution in [2.45, 2.75) is 51.9 Å². The predicted molar refractivity (Wildman–Crippen MR) is 168 cm³/mol. The van der Waals surface area contributed by atoms with Gasteiger partial charge in [-0.15, -0.1) is 0 Å². The van der Waals surface area contributed by atoms with E-state index in [-0.39, 0.29) is 23.0 Å². The average molecular weight is 585 g/mol. The molecule has 1 atom stereocenters. The Morgan fingerprint density at radius 1 is 1.00 bits per heavy atom. The molecule has 42 heavy (non-hydrogen) atoms. The second-order valence-electron chi connectivity index (χ2n) is 11.9. The lowest BCUT2D eigenvalue weighted by molar-refractivity contribution is 0.0915. The van der Waals surface area contributed by atoms with Gasteiger partial charge in [0.05, 0.1) is 17.3 Å². The number of aryl methyl sites for hydroxylation is 1. The van der Waals surface area contributed by atoms with E-state index in [1.165, 1.54) is 6.20 Å². The van der Waals surface area contributed by atoms with E-state index < -0.39 is 6.03 Å². The Morgan fingerprint density at radius 2 is 1.74 bits per heavy atom. The molecule has 1 aliphatic rings. The highest BCUT2D eigenvalue weighted by molar-refractivity contribution is 6.29. The third-order valence-corrected chi connectivity index (χ3v) is 7.87. The van der Waals surface area contributed by atoms with Crippen molar-refractivity contribution in [1.29, 1.82) is 0 Å². The van der Waals surface area contributed by atoms with E-state index in [4.69, 9.17) is 16.7 Å². The number of urea groups is 1. The fourth-order valence-corrected chi connectivity index (χ4v) is 5.44. The van der Waals surface area contributed by atoms with Crippen LogP contribution in [0.5, 0.6) is 0 Å². The van der Waals surface area contributed by atoms with Crippen LogP contribution in [0.25, 0.3) is 5.69 Å². The number of amides is 2. The molecule has 0 radical (unpaired) electrons. The maximum absolute atomic E-state index is 13.8. The summed E-state index contributed by atoms with van der Waals surface area (Å²) < 4.78 is 1.75. The lowest BCUT2D eigenvalue weighted by atomic mass is 9.76. The maximum atomic E-state index is 13.8. The van der Waals surface area contributed by atoms with Gasteiger partial charge in [-0.1, -0.05) is 62.2 Å². The van der Waals surface area contributed by atoms with Gasteiger partial charge in [0.15, 0.2) is 5.78 Å². The zero-order valence-electron chi connectivity index (χ0n) is 24.4. The number of ketones is 1. The molecule has 2 amide bonds. The number of nitrogens with zero attached hydrogens (tertiary/aromatic N) is 3. The van der Waals surface area contributed by atoms with Gasteiger partial charge in [0.25, 0.3) is 0 Å². The lowest BCUT2D eigenvalue weighted by Crippen LogP contribution is -2.33. The van der Waals surface area contributed by atoms with Crippen molar-refractivity contribution < 1.29 is 9.59 Å². The van der Waals surface area contributed by atoms with Crippen LogP contribution in [-0.4, -0.2) is 39.7 Å². The topological polar surface area (TPSA) is 101 Å². The highest BCUT2D eigenvalue weighted by atomic mass is 35.5. The van der Waals surface area contributed by atoms with Gasteiger partial charge < -0.3 is 10.6 Å². The molecule has 0 saturated carbocycles. The molecule has 1 aliphatic heterocycles. The number of hydrogen-bond donors (Lipinski definition) is 3. The van der Waals surface area contributed by atoms with Crippen LogP contribution in [0.2, 0.25) is 5.15 Å². The number of halogens is 1. The van der Waals surface area contributed by atoms with Crippen LogP contribution in [0.4, 0.5) is 16.3 Å². The van der Waals surface area contributed by atoms with E-state index in [9.17, 15) is 9.59 Å². The van der Waals surface area contributed by atoms with Gasteiger partial charge in [-0.3, -0.25) is 10.1 Å². The molecule has 1 fully saturated rings. The third-order valence-electron chi connectivity index (χ3n) is 7.65. The Labute approximate surface area is 251 Å². The number of aromatic nitrogens is 3. The summed E-state index contributed by atoms with van der Waals surface area (Å²) >= 11 is 5.98. The molecule has 2 aromatic heterocycles. The zero-order chi connectivity index (χ0) is 29.9. The van der Waals surface area contributed by atoms with Crippen LogP contribution in [0, 0.1) is 12.8 Å². The number of anilines is 2. The first kappa shape index (κ1) is 29.5. The summed E-state index contributed by atoms with van der Waals surface area (Å²) in [6.45, 7) is 10.0. The minimum Gasteiger partial charge on any atom is -0.317 e. The second-order valence-corrected chi connectivity index (χ2v) is 12.3. The highest BCUT2D eigenvalue weighted by Crippen LogP contribution is 2.35.